The lowest BCUT2D eigenvalue weighted by Crippen LogP contribution is -2.37. The molecule has 7 heteroatoms. The molecule has 3 N–H and O–H groups in total. The minimum absolute atomic E-state index is 0.311. The molecule has 0 saturated carbocycles. The molecule has 0 aliphatic heterocycles. The number of amides is 1. The molecule has 0 spiro atoms. The summed E-state index contributed by atoms with van der Waals surface area (Å²) in [5, 5.41) is 2.85. The number of hydrogen-bond donors (Lipinski definition) is 2. The van der Waals surface area contributed by atoms with Gasteiger partial charge in [-0.05, 0) is 49.7 Å². The SMILES string of the molecule is CCCCOc1cc(C(=O)OCCN(CC)CC)ccc1NC(=O)C(N)Cc1ccccc1. The first kappa shape index (κ1) is 26.4. The van der Waals surface area contributed by atoms with E-state index in [0.717, 1.165) is 31.5 Å². The Morgan fingerprint density at radius 2 is 1.76 bits per heavy atom. The number of rotatable bonds is 14. The molecule has 0 bridgehead atoms. The molecule has 1 amide bonds. The number of unbranched alkanes of at least 4 members (excludes halogenated alkanes) is 1. The molecule has 33 heavy (non-hydrogen) atoms. The summed E-state index contributed by atoms with van der Waals surface area (Å²) in [5.74, 6) is -0.295. The average Bonchev–Trinajstić information content (AvgIpc) is 2.83. The number of nitrogens with one attached hydrogen (secondary N) is 1. The van der Waals surface area contributed by atoms with Crippen LogP contribution in [-0.4, -0.2) is 55.7 Å². The second kappa shape index (κ2) is 14.3. The van der Waals surface area contributed by atoms with Crippen molar-refractivity contribution in [2.75, 3.05) is 38.2 Å². The lowest BCUT2D eigenvalue weighted by atomic mass is 10.1. The number of hydrogen-bond acceptors (Lipinski definition) is 6. The molecule has 180 valence electrons. The van der Waals surface area contributed by atoms with E-state index >= 15 is 0 Å². The first-order chi connectivity index (χ1) is 16.0. The van der Waals surface area contributed by atoms with Gasteiger partial charge >= 0.3 is 5.97 Å². The summed E-state index contributed by atoms with van der Waals surface area (Å²) in [6, 6.07) is 13.8. The van der Waals surface area contributed by atoms with E-state index in [2.05, 4.69) is 31.0 Å². The van der Waals surface area contributed by atoms with Gasteiger partial charge < -0.3 is 25.4 Å². The van der Waals surface area contributed by atoms with Gasteiger partial charge in [-0.2, -0.15) is 0 Å². The Kier molecular flexibility index (Phi) is 11.4. The predicted molar refractivity (Wildman–Crippen MR) is 132 cm³/mol. The van der Waals surface area contributed by atoms with Crippen molar-refractivity contribution in [1.82, 2.24) is 4.90 Å². The largest absolute Gasteiger partial charge is 0.491 e. The zero-order chi connectivity index (χ0) is 24.1. The highest BCUT2D eigenvalue weighted by Gasteiger charge is 2.18. The number of ether oxygens (including phenoxy) is 2. The summed E-state index contributed by atoms with van der Waals surface area (Å²) in [4.78, 5) is 27.4. The van der Waals surface area contributed by atoms with E-state index in [9.17, 15) is 9.59 Å². The molecular formula is C26H37N3O4. The number of carbonyl (C=O) groups is 2. The van der Waals surface area contributed by atoms with Crippen molar-refractivity contribution in [3.05, 3.63) is 59.7 Å². The maximum atomic E-state index is 12.7. The Morgan fingerprint density at radius 3 is 2.42 bits per heavy atom. The predicted octanol–water partition coefficient (Wildman–Crippen LogP) is 3.87. The number of nitrogens with two attached hydrogens (primary N) is 1. The first-order valence-corrected chi connectivity index (χ1v) is 11.7. The Balaban J connectivity index is 2.06. The van der Waals surface area contributed by atoms with Crippen molar-refractivity contribution in [1.29, 1.82) is 0 Å². The minimum Gasteiger partial charge on any atom is -0.491 e. The van der Waals surface area contributed by atoms with Crippen LogP contribution in [0.25, 0.3) is 0 Å². The van der Waals surface area contributed by atoms with Crippen molar-refractivity contribution in [3.8, 4) is 5.75 Å². The van der Waals surface area contributed by atoms with Crippen LogP contribution in [0.3, 0.4) is 0 Å². The first-order valence-electron chi connectivity index (χ1n) is 11.7. The van der Waals surface area contributed by atoms with E-state index < -0.39 is 12.0 Å². The third-order valence-electron chi connectivity index (χ3n) is 5.40. The van der Waals surface area contributed by atoms with Crippen molar-refractivity contribution in [2.45, 2.75) is 46.1 Å². The van der Waals surface area contributed by atoms with Crippen LogP contribution < -0.4 is 15.8 Å². The second-order valence-corrected chi connectivity index (χ2v) is 7.86. The fraction of sp³-hybridized carbons (Fsp3) is 0.462. The third-order valence-corrected chi connectivity index (χ3v) is 5.40. The van der Waals surface area contributed by atoms with Crippen LogP contribution >= 0.6 is 0 Å². The molecule has 0 radical (unpaired) electrons. The third kappa shape index (κ3) is 8.86. The molecule has 0 saturated heterocycles. The molecule has 0 fully saturated rings. The summed E-state index contributed by atoms with van der Waals surface area (Å²) in [7, 11) is 0. The zero-order valence-electron chi connectivity index (χ0n) is 20.0. The molecule has 1 unspecified atom stereocenters. The Morgan fingerprint density at radius 1 is 1.03 bits per heavy atom. The summed E-state index contributed by atoms with van der Waals surface area (Å²) in [5.41, 5.74) is 7.97. The van der Waals surface area contributed by atoms with Gasteiger partial charge in [-0.3, -0.25) is 4.79 Å². The highest BCUT2D eigenvalue weighted by atomic mass is 16.5. The van der Waals surface area contributed by atoms with Gasteiger partial charge in [0.1, 0.15) is 12.4 Å². The standard InChI is InChI=1S/C26H37N3O4/c1-4-7-16-32-24-19-21(26(31)33-17-15-29(5-2)6-3)13-14-23(24)28-25(30)22(27)18-20-11-9-8-10-12-20/h8-14,19,22H,4-7,15-18,27H2,1-3H3,(H,28,30). The molecule has 7 nitrogen and oxygen atoms in total. The molecule has 0 heterocycles. The molecule has 0 aliphatic carbocycles. The van der Waals surface area contributed by atoms with Crippen LogP contribution in [0.15, 0.2) is 48.5 Å². The fourth-order valence-electron chi connectivity index (χ4n) is 3.28. The van der Waals surface area contributed by atoms with E-state index in [1.165, 1.54) is 0 Å². The van der Waals surface area contributed by atoms with Crippen molar-refractivity contribution < 1.29 is 19.1 Å². The van der Waals surface area contributed by atoms with E-state index in [1.54, 1.807) is 18.2 Å². The van der Waals surface area contributed by atoms with E-state index in [4.69, 9.17) is 15.2 Å². The second-order valence-electron chi connectivity index (χ2n) is 7.86. The molecule has 0 aliphatic rings. The van der Waals surface area contributed by atoms with Crippen LogP contribution in [0, 0.1) is 0 Å². The van der Waals surface area contributed by atoms with Crippen LogP contribution in [0.1, 0.15) is 49.5 Å². The van der Waals surface area contributed by atoms with Gasteiger partial charge in [-0.1, -0.05) is 57.5 Å². The Bertz CT molecular complexity index is 869. The Hall–Kier alpha value is -2.90. The van der Waals surface area contributed by atoms with Crippen molar-refractivity contribution in [2.24, 2.45) is 5.73 Å². The quantitative estimate of drug-likeness (QED) is 0.332. The van der Waals surface area contributed by atoms with E-state index in [-0.39, 0.29) is 5.91 Å². The summed E-state index contributed by atoms with van der Waals surface area (Å²) in [6.07, 6.45) is 2.26. The normalized spacial score (nSPS) is 11.8. The minimum atomic E-state index is -0.708. The molecule has 2 rings (SSSR count). The lowest BCUT2D eigenvalue weighted by Gasteiger charge is -2.18. The smallest absolute Gasteiger partial charge is 0.338 e. The summed E-state index contributed by atoms with van der Waals surface area (Å²) >= 11 is 0. The highest BCUT2D eigenvalue weighted by molar-refractivity contribution is 5.97. The summed E-state index contributed by atoms with van der Waals surface area (Å²) in [6.45, 7) is 9.52. The van der Waals surface area contributed by atoms with Gasteiger partial charge in [0, 0.05) is 6.54 Å². The van der Waals surface area contributed by atoms with Gasteiger partial charge in [0.25, 0.3) is 0 Å². The zero-order valence-corrected chi connectivity index (χ0v) is 20.0. The molecule has 1 atom stereocenters. The maximum Gasteiger partial charge on any atom is 0.338 e. The Labute approximate surface area is 197 Å². The number of likely N-dealkylation sites (N-methyl/N-ethyl adjacent to an activating group) is 1. The molecule has 0 aromatic heterocycles. The van der Waals surface area contributed by atoms with Gasteiger partial charge in [-0.25, -0.2) is 4.79 Å². The van der Waals surface area contributed by atoms with Crippen LogP contribution in [0.4, 0.5) is 5.69 Å². The number of benzene rings is 2. The van der Waals surface area contributed by atoms with Crippen LogP contribution in [0.2, 0.25) is 0 Å². The topological polar surface area (TPSA) is 93.9 Å². The molecule has 2 aromatic rings. The number of carbonyl (C=O) groups excluding carboxylic acids is 2. The van der Waals surface area contributed by atoms with Crippen molar-refractivity contribution in [3.63, 3.8) is 0 Å². The molecular weight excluding hydrogens is 418 g/mol. The van der Waals surface area contributed by atoms with Crippen LogP contribution in [-0.2, 0) is 16.0 Å². The van der Waals surface area contributed by atoms with Crippen molar-refractivity contribution >= 4 is 17.6 Å². The van der Waals surface area contributed by atoms with E-state index in [0.29, 0.717) is 43.2 Å². The molecule has 2 aromatic carbocycles. The van der Waals surface area contributed by atoms with Gasteiger partial charge in [0.15, 0.2) is 0 Å². The lowest BCUT2D eigenvalue weighted by molar-refractivity contribution is -0.117. The van der Waals surface area contributed by atoms with Gasteiger partial charge in [-0.15, -0.1) is 0 Å². The van der Waals surface area contributed by atoms with E-state index in [1.807, 2.05) is 30.3 Å². The number of nitrogens with zero attached hydrogens (tertiary/aromatic N) is 1. The maximum absolute atomic E-state index is 12.7. The number of anilines is 1. The monoisotopic (exact) mass is 455 g/mol. The summed E-state index contributed by atoms with van der Waals surface area (Å²) < 4.78 is 11.3. The van der Waals surface area contributed by atoms with Crippen LogP contribution in [0.5, 0.6) is 5.75 Å². The average molecular weight is 456 g/mol. The van der Waals surface area contributed by atoms with Gasteiger partial charge in [0.2, 0.25) is 5.91 Å². The number of esters is 1. The highest BCUT2D eigenvalue weighted by Crippen LogP contribution is 2.27. The van der Waals surface area contributed by atoms with Gasteiger partial charge in [0.05, 0.1) is 23.9 Å². The fourth-order valence-corrected chi connectivity index (χ4v) is 3.28.